The Morgan fingerprint density at radius 3 is 2.57 bits per heavy atom. The minimum Gasteiger partial charge on any atom is -0.315 e. The minimum absolute atomic E-state index is 0.134. The maximum atomic E-state index is 13.7. The molecule has 1 aromatic heterocycles. The van der Waals surface area contributed by atoms with Crippen LogP contribution in [0.5, 0.6) is 0 Å². The van der Waals surface area contributed by atoms with Crippen LogP contribution >= 0.6 is 11.3 Å². The van der Waals surface area contributed by atoms with E-state index in [4.69, 9.17) is 0 Å². The molecule has 0 aliphatic carbocycles. The lowest BCUT2D eigenvalue weighted by Gasteiger charge is -2.42. The van der Waals surface area contributed by atoms with Crippen molar-refractivity contribution >= 4 is 40.5 Å². The lowest BCUT2D eigenvalue weighted by atomic mass is 10.1. The molecule has 0 saturated carbocycles. The first-order valence-corrected chi connectivity index (χ1v) is 10.4. The van der Waals surface area contributed by atoms with E-state index < -0.39 is 6.17 Å². The van der Waals surface area contributed by atoms with Gasteiger partial charge in [0.25, 0.3) is 0 Å². The van der Waals surface area contributed by atoms with Crippen LogP contribution in [-0.4, -0.2) is 78.3 Å². The fourth-order valence-electron chi connectivity index (χ4n) is 3.33. The number of hydrazine groups is 1. The Morgan fingerprint density at radius 2 is 1.97 bits per heavy atom. The number of aldehydes is 1. The summed E-state index contributed by atoms with van der Waals surface area (Å²) in [6.07, 6.45) is 2.83. The van der Waals surface area contributed by atoms with Gasteiger partial charge in [0, 0.05) is 30.9 Å². The molecule has 0 aliphatic rings. The molecule has 0 spiro atoms. The van der Waals surface area contributed by atoms with E-state index in [1.807, 2.05) is 24.3 Å². The molecular formula is C21H27FN4O3S. The van der Waals surface area contributed by atoms with E-state index in [-0.39, 0.29) is 12.4 Å². The van der Waals surface area contributed by atoms with Gasteiger partial charge in [0.15, 0.2) is 0 Å². The molecule has 0 saturated heterocycles. The molecule has 0 radical (unpaired) electrons. The number of hydrogen-bond donors (Lipinski definition) is 0. The molecule has 2 rings (SSSR count). The monoisotopic (exact) mass is 434 g/mol. The Bertz CT molecular complexity index is 875. The third-order valence-corrected chi connectivity index (χ3v) is 5.79. The molecule has 0 bridgehead atoms. The number of carbonyl (C=O) groups excluding carboxylic acids is 3. The van der Waals surface area contributed by atoms with Crippen molar-refractivity contribution in [2.45, 2.75) is 19.6 Å². The number of carbonyl (C=O) groups is 3. The topological polar surface area (TPSA) is 64.2 Å². The Labute approximate surface area is 179 Å². The molecule has 0 fully saturated rings. The van der Waals surface area contributed by atoms with Gasteiger partial charge in [-0.2, -0.15) is 0 Å². The minimum atomic E-state index is -0.684. The highest BCUT2D eigenvalue weighted by atomic mass is 32.1. The zero-order chi connectivity index (χ0) is 22.1. The van der Waals surface area contributed by atoms with Crippen LogP contribution in [0.4, 0.5) is 4.39 Å². The molecule has 1 atom stereocenters. The van der Waals surface area contributed by atoms with Gasteiger partial charge in [-0.1, -0.05) is 13.0 Å². The van der Waals surface area contributed by atoms with Gasteiger partial charge in [-0.25, -0.2) is 9.40 Å². The summed E-state index contributed by atoms with van der Waals surface area (Å²) < 4.78 is 14.7. The van der Waals surface area contributed by atoms with Crippen LogP contribution in [0, 0.1) is 5.82 Å². The van der Waals surface area contributed by atoms with Gasteiger partial charge >= 0.3 is 0 Å². The highest BCUT2D eigenvalue weighted by Crippen LogP contribution is 2.27. The Morgan fingerprint density at radius 1 is 1.20 bits per heavy atom. The first-order chi connectivity index (χ1) is 14.5. The number of nitrogens with zero attached hydrogens (tertiary/aromatic N) is 4. The van der Waals surface area contributed by atoms with Gasteiger partial charge in [0.1, 0.15) is 18.3 Å². The number of hydrogen-bond acceptors (Lipinski definition) is 6. The molecule has 2 amide bonds. The summed E-state index contributed by atoms with van der Waals surface area (Å²) in [5.74, 6) is -0.295. The molecule has 0 N–H and O–H groups in total. The molecule has 162 valence electrons. The highest BCUT2D eigenvalue weighted by molar-refractivity contribution is 7.17. The predicted molar refractivity (Wildman–Crippen MR) is 116 cm³/mol. The Balaban J connectivity index is 2.27. The maximum Gasteiger partial charge on any atom is 0.226 e. The fourth-order valence-corrected chi connectivity index (χ4v) is 4.27. The van der Waals surface area contributed by atoms with Gasteiger partial charge in [0.05, 0.1) is 6.54 Å². The zero-order valence-electron chi connectivity index (χ0n) is 17.2. The standard InChI is InChI=1S/C21H27FN4O3S/c1-4-8-25(5-2)26(16-29)21(24(15-28)9-10-27)13-23(3)12-17-14-30-20-7-6-18(22)11-19(17)20/h4,6-7,10-11,14-16,21H,1,5,8-9,12-13H2,2-3H3. The van der Waals surface area contributed by atoms with E-state index in [0.29, 0.717) is 45.3 Å². The number of benzene rings is 1. The highest BCUT2D eigenvalue weighted by Gasteiger charge is 2.28. The zero-order valence-corrected chi connectivity index (χ0v) is 18.1. The quantitative estimate of drug-likeness (QED) is 0.198. The third kappa shape index (κ3) is 5.71. The molecule has 2 aromatic rings. The number of fused-ring (bicyclic) bond motifs is 1. The lowest BCUT2D eigenvalue weighted by molar-refractivity contribution is -0.157. The largest absolute Gasteiger partial charge is 0.315 e. The molecule has 9 heteroatoms. The lowest BCUT2D eigenvalue weighted by Crippen LogP contribution is -2.59. The van der Waals surface area contributed by atoms with Gasteiger partial charge in [0.2, 0.25) is 12.8 Å². The smallest absolute Gasteiger partial charge is 0.226 e. The molecular weight excluding hydrogens is 407 g/mol. The second-order valence-corrected chi connectivity index (χ2v) is 7.74. The van der Waals surface area contributed by atoms with E-state index in [1.54, 1.807) is 17.2 Å². The van der Waals surface area contributed by atoms with Crippen molar-refractivity contribution in [3.63, 3.8) is 0 Å². The number of rotatable bonds is 14. The molecule has 1 heterocycles. The summed E-state index contributed by atoms with van der Waals surface area (Å²) in [5.41, 5.74) is 0.958. The van der Waals surface area contributed by atoms with Crippen molar-refractivity contribution < 1.29 is 18.8 Å². The van der Waals surface area contributed by atoms with E-state index in [1.165, 1.54) is 33.4 Å². The summed E-state index contributed by atoms with van der Waals surface area (Å²) in [5, 5.41) is 5.99. The SMILES string of the molecule is C=CCN(CC)N(C=O)C(CN(C)Cc1csc2ccc(F)cc12)N(C=O)CC=O. The van der Waals surface area contributed by atoms with Crippen LogP contribution in [0.15, 0.2) is 36.2 Å². The van der Waals surface area contributed by atoms with Crippen LogP contribution in [0.2, 0.25) is 0 Å². The number of thiophene rings is 1. The number of likely N-dealkylation sites (N-methyl/N-ethyl adjacent to an activating group) is 2. The van der Waals surface area contributed by atoms with E-state index in [2.05, 4.69) is 6.58 Å². The Kier molecular flexibility index (Phi) is 9.10. The van der Waals surface area contributed by atoms with Crippen molar-refractivity contribution in [3.8, 4) is 0 Å². The van der Waals surface area contributed by atoms with Crippen molar-refractivity contribution in [3.05, 3.63) is 47.6 Å². The van der Waals surface area contributed by atoms with Crippen LogP contribution in [0.25, 0.3) is 10.1 Å². The fraction of sp³-hybridized carbons (Fsp3) is 0.381. The van der Waals surface area contributed by atoms with E-state index >= 15 is 0 Å². The summed E-state index contributed by atoms with van der Waals surface area (Å²) in [7, 11) is 1.85. The summed E-state index contributed by atoms with van der Waals surface area (Å²) >= 11 is 1.54. The summed E-state index contributed by atoms with van der Waals surface area (Å²) in [6.45, 7) is 7.19. The number of amides is 2. The van der Waals surface area contributed by atoms with Gasteiger partial charge in [-0.3, -0.25) is 19.5 Å². The van der Waals surface area contributed by atoms with Crippen LogP contribution in [-0.2, 0) is 20.9 Å². The van der Waals surface area contributed by atoms with E-state index in [0.717, 1.165) is 15.6 Å². The van der Waals surface area contributed by atoms with Gasteiger partial charge in [-0.05, 0) is 41.6 Å². The first kappa shape index (κ1) is 23.7. The van der Waals surface area contributed by atoms with Gasteiger partial charge in [-0.15, -0.1) is 17.9 Å². The predicted octanol–water partition coefficient (Wildman–Crippen LogP) is 2.34. The Hall–Kier alpha value is -2.62. The molecule has 7 nitrogen and oxygen atoms in total. The van der Waals surface area contributed by atoms with Crippen molar-refractivity contribution in [2.75, 3.05) is 33.2 Å². The maximum absolute atomic E-state index is 13.7. The van der Waals surface area contributed by atoms with Crippen LogP contribution in [0.3, 0.4) is 0 Å². The third-order valence-electron chi connectivity index (χ3n) is 4.78. The first-order valence-electron chi connectivity index (χ1n) is 9.57. The summed E-state index contributed by atoms with van der Waals surface area (Å²) in [6, 6.07) is 4.70. The second kappa shape index (κ2) is 11.5. The average Bonchev–Trinajstić information content (AvgIpc) is 3.12. The van der Waals surface area contributed by atoms with Crippen molar-refractivity contribution in [1.29, 1.82) is 0 Å². The van der Waals surface area contributed by atoms with Crippen LogP contribution < -0.4 is 0 Å². The second-order valence-electron chi connectivity index (χ2n) is 6.83. The van der Waals surface area contributed by atoms with Crippen molar-refractivity contribution in [1.82, 2.24) is 19.8 Å². The van der Waals surface area contributed by atoms with E-state index in [9.17, 15) is 18.8 Å². The molecule has 0 aliphatic heterocycles. The summed E-state index contributed by atoms with van der Waals surface area (Å²) in [4.78, 5) is 37.9. The van der Waals surface area contributed by atoms with Crippen LogP contribution in [0.1, 0.15) is 12.5 Å². The van der Waals surface area contributed by atoms with Crippen molar-refractivity contribution in [2.24, 2.45) is 0 Å². The molecule has 30 heavy (non-hydrogen) atoms. The molecule has 1 unspecified atom stereocenters. The van der Waals surface area contributed by atoms with Gasteiger partial charge < -0.3 is 9.69 Å². The number of halogens is 1. The molecule has 1 aromatic carbocycles. The normalized spacial score (nSPS) is 12.2. The average molecular weight is 435 g/mol.